The second kappa shape index (κ2) is 8.86. The van der Waals surface area contributed by atoms with Crippen molar-refractivity contribution in [1.29, 1.82) is 0 Å². The van der Waals surface area contributed by atoms with Crippen LogP contribution in [0.25, 0.3) is 0 Å². The smallest absolute Gasteiger partial charge is 0.245 e. The zero-order valence-electron chi connectivity index (χ0n) is 18.6. The normalized spacial score (nSPS) is 25.1. The van der Waals surface area contributed by atoms with E-state index in [2.05, 4.69) is 55.7 Å². The van der Waals surface area contributed by atoms with Crippen molar-refractivity contribution in [3.05, 3.63) is 35.4 Å². The standard InChI is InChI=1S/C24H37N3O2/c1-16(2)21(26-22(28)19-10-12-25-14-19)23(29)27-13-11-20(24(4,5)15-27)18-8-6-17(3)7-9-18/h6-9,16,19-21,25H,10-15H2,1-5H3,(H,26,28)/t19?,20?,21-/m1/s1. The summed E-state index contributed by atoms with van der Waals surface area (Å²) in [6.45, 7) is 13.7. The molecule has 5 heteroatoms. The summed E-state index contributed by atoms with van der Waals surface area (Å²) in [6.07, 6.45) is 1.80. The predicted octanol–water partition coefficient (Wildman–Crippen LogP) is 3.09. The number of nitrogens with zero attached hydrogens (tertiary/aromatic N) is 1. The summed E-state index contributed by atoms with van der Waals surface area (Å²) in [5, 5.41) is 6.29. The Morgan fingerprint density at radius 2 is 1.86 bits per heavy atom. The van der Waals surface area contributed by atoms with Crippen LogP contribution in [0.1, 0.15) is 57.6 Å². The summed E-state index contributed by atoms with van der Waals surface area (Å²) in [5.41, 5.74) is 2.62. The maximum Gasteiger partial charge on any atom is 0.245 e. The molecule has 2 heterocycles. The van der Waals surface area contributed by atoms with Gasteiger partial charge in [0.25, 0.3) is 0 Å². The van der Waals surface area contributed by atoms with E-state index in [9.17, 15) is 9.59 Å². The number of aryl methyl sites for hydroxylation is 1. The lowest BCUT2D eigenvalue weighted by Gasteiger charge is -2.46. The van der Waals surface area contributed by atoms with Gasteiger partial charge in [0.1, 0.15) is 6.04 Å². The van der Waals surface area contributed by atoms with E-state index in [1.807, 2.05) is 18.7 Å². The van der Waals surface area contributed by atoms with E-state index in [0.717, 1.165) is 25.9 Å². The molecule has 0 aromatic heterocycles. The SMILES string of the molecule is Cc1ccc(C2CCN(C(=O)[C@H](NC(=O)C3CCNC3)C(C)C)CC2(C)C)cc1. The number of amides is 2. The highest BCUT2D eigenvalue weighted by atomic mass is 16.2. The maximum atomic E-state index is 13.4. The Morgan fingerprint density at radius 3 is 2.41 bits per heavy atom. The summed E-state index contributed by atoms with van der Waals surface area (Å²) in [7, 11) is 0. The first-order chi connectivity index (χ1) is 13.7. The monoisotopic (exact) mass is 399 g/mol. The van der Waals surface area contributed by atoms with Crippen LogP contribution in [-0.2, 0) is 9.59 Å². The molecule has 0 bridgehead atoms. The quantitative estimate of drug-likeness (QED) is 0.800. The van der Waals surface area contributed by atoms with Crippen LogP contribution in [0.5, 0.6) is 0 Å². The molecule has 3 atom stereocenters. The minimum absolute atomic E-state index is 0.00984. The number of likely N-dealkylation sites (tertiary alicyclic amines) is 1. The number of piperidine rings is 1. The van der Waals surface area contributed by atoms with Crippen molar-refractivity contribution in [1.82, 2.24) is 15.5 Å². The minimum Gasteiger partial charge on any atom is -0.344 e. The second-order valence-corrected chi connectivity index (χ2v) is 9.92. The Kier molecular flexibility index (Phi) is 6.67. The Balaban J connectivity index is 1.68. The molecule has 2 aliphatic heterocycles. The second-order valence-electron chi connectivity index (χ2n) is 9.92. The molecule has 5 nitrogen and oxygen atoms in total. The summed E-state index contributed by atoms with van der Waals surface area (Å²) < 4.78 is 0. The van der Waals surface area contributed by atoms with Gasteiger partial charge in [-0.3, -0.25) is 9.59 Å². The van der Waals surface area contributed by atoms with Gasteiger partial charge in [-0.05, 0) is 49.1 Å². The first-order valence-corrected chi connectivity index (χ1v) is 11.1. The van der Waals surface area contributed by atoms with Crippen molar-refractivity contribution < 1.29 is 9.59 Å². The van der Waals surface area contributed by atoms with E-state index in [4.69, 9.17) is 0 Å². The van der Waals surface area contributed by atoms with E-state index in [0.29, 0.717) is 19.0 Å². The summed E-state index contributed by atoms with van der Waals surface area (Å²) in [6, 6.07) is 8.35. The lowest BCUT2D eigenvalue weighted by atomic mass is 9.70. The fourth-order valence-electron chi connectivity index (χ4n) is 4.82. The maximum absolute atomic E-state index is 13.4. The molecule has 2 amide bonds. The van der Waals surface area contributed by atoms with Gasteiger partial charge in [-0.15, -0.1) is 0 Å². The average molecular weight is 400 g/mol. The lowest BCUT2D eigenvalue weighted by molar-refractivity contribution is -0.141. The first kappa shape index (κ1) is 21.8. The van der Waals surface area contributed by atoms with Crippen LogP contribution in [0.4, 0.5) is 0 Å². The van der Waals surface area contributed by atoms with Crippen LogP contribution >= 0.6 is 0 Å². The molecule has 0 radical (unpaired) electrons. The van der Waals surface area contributed by atoms with Crippen LogP contribution in [0, 0.1) is 24.2 Å². The molecular weight excluding hydrogens is 362 g/mol. The van der Waals surface area contributed by atoms with E-state index < -0.39 is 6.04 Å². The molecule has 0 aliphatic carbocycles. The fourth-order valence-corrected chi connectivity index (χ4v) is 4.82. The van der Waals surface area contributed by atoms with Gasteiger partial charge < -0.3 is 15.5 Å². The van der Waals surface area contributed by atoms with Crippen LogP contribution in [0.15, 0.2) is 24.3 Å². The highest BCUT2D eigenvalue weighted by Gasteiger charge is 2.40. The molecule has 2 N–H and O–H groups in total. The van der Waals surface area contributed by atoms with Gasteiger partial charge in [-0.25, -0.2) is 0 Å². The number of benzene rings is 1. The van der Waals surface area contributed by atoms with Gasteiger partial charge in [0.05, 0.1) is 5.92 Å². The molecule has 2 unspecified atom stereocenters. The topological polar surface area (TPSA) is 61.4 Å². The molecule has 1 aromatic carbocycles. The highest BCUT2D eigenvalue weighted by molar-refractivity contribution is 5.89. The van der Waals surface area contributed by atoms with E-state index in [1.165, 1.54) is 11.1 Å². The van der Waals surface area contributed by atoms with Crippen LogP contribution in [-0.4, -0.2) is 48.9 Å². The number of carbonyl (C=O) groups is 2. The molecule has 0 saturated carbocycles. The van der Waals surface area contributed by atoms with Gasteiger partial charge in [0, 0.05) is 19.6 Å². The van der Waals surface area contributed by atoms with Gasteiger partial charge in [-0.2, -0.15) is 0 Å². The fraction of sp³-hybridized carbons (Fsp3) is 0.667. The molecule has 2 saturated heterocycles. The zero-order chi connectivity index (χ0) is 21.2. The summed E-state index contributed by atoms with van der Waals surface area (Å²) in [5.74, 6) is 0.556. The summed E-state index contributed by atoms with van der Waals surface area (Å²) in [4.78, 5) is 28.0. The van der Waals surface area contributed by atoms with E-state index in [-0.39, 0.29) is 29.1 Å². The van der Waals surface area contributed by atoms with Gasteiger partial charge in [0.2, 0.25) is 11.8 Å². The highest BCUT2D eigenvalue weighted by Crippen LogP contribution is 2.42. The average Bonchev–Trinajstić information content (AvgIpc) is 3.20. The zero-order valence-corrected chi connectivity index (χ0v) is 18.6. The number of rotatable bonds is 5. The Hall–Kier alpha value is -1.88. The lowest BCUT2D eigenvalue weighted by Crippen LogP contribution is -2.56. The van der Waals surface area contributed by atoms with Crippen LogP contribution < -0.4 is 10.6 Å². The minimum atomic E-state index is -0.449. The van der Waals surface area contributed by atoms with Crippen molar-refractivity contribution in [2.45, 2.75) is 59.4 Å². The third-order valence-corrected chi connectivity index (χ3v) is 6.68. The van der Waals surface area contributed by atoms with Crippen molar-refractivity contribution in [3.8, 4) is 0 Å². The Labute approximate surface area is 175 Å². The van der Waals surface area contributed by atoms with E-state index >= 15 is 0 Å². The number of carbonyl (C=O) groups excluding carboxylic acids is 2. The van der Waals surface area contributed by atoms with E-state index in [1.54, 1.807) is 0 Å². The molecule has 1 aromatic rings. The van der Waals surface area contributed by atoms with Crippen molar-refractivity contribution in [2.75, 3.05) is 26.2 Å². The van der Waals surface area contributed by atoms with Crippen molar-refractivity contribution in [3.63, 3.8) is 0 Å². The number of hydrogen-bond acceptors (Lipinski definition) is 3. The Bertz CT molecular complexity index is 720. The molecule has 3 rings (SSSR count). The number of hydrogen-bond donors (Lipinski definition) is 2. The third kappa shape index (κ3) is 5.00. The Morgan fingerprint density at radius 1 is 1.17 bits per heavy atom. The first-order valence-electron chi connectivity index (χ1n) is 11.1. The largest absolute Gasteiger partial charge is 0.344 e. The predicted molar refractivity (Wildman–Crippen MR) is 117 cm³/mol. The van der Waals surface area contributed by atoms with Gasteiger partial charge >= 0.3 is 0 Å². The molecule has 29 heavy (non-hydrogen) atoms. The molecule has 2 fully saturated rings. The van der Waals surface area contributed by atoms with Crippen molar-refractivity contribution in [2.24, 2.45) is 17.3 Å². The summed E-state index contributed by atoms with van der Waals surface area (Å²) >= 11 is 0. The number of nitrogens with one attached hydrogen (secondary N) is 2. The molecule has 160 valence electrons. The third-order valence-electron chi connectivity index (χ3n) is 6.68. The van der Waals surface area contributed by atoms with Gasteiger partial charge in [0.15, 0.2) is 0 Å². The van der Waals surface area contributed by atoms with Crippen LogP contribution in [0.3, 0.4) is 0 Å². The van der Waals surface area contributed by atoms with Crippen molar-refractivity contribution >= 4 is 11.8 Å². The van der Waals surface area contributed by atoms with Crippen LogP contribution in [0.2, 0.25) is 0 Å². The van der Waals surface area contributed by atoms with Gasteiger partial charge in [-0.1, -0.05) is 57.5 Å². The molecule has 0 spiro atoms. The molecule has 2 aliphatic rings. The molecular formula is C24H37N3O2.